The van der Waals surface area contributed by atoms with Crippen molar-refractivity contribution in [2.75, 3.05) is 11.9 Å². The molecule has 2 N–H and O–H groups in total. The van der Waals surface area contributed by atoms with E-state index in [0.29, 0.717) is 18.2 Å². The fourth-order valence-corrected chi connectivity index (χ4v) is 2.05. The number of nitrogens with zero attached hydrogens (tertiary/aromatic N) is 2. The Labute approximate surface area is 128 Å². The van der Waals surface area contributed by atoms with E-state index < -0.39 is 0 Å². The maximum Gasteiger partial charge on any atom is 0.171 e. The standard InChI is InChI=1S/C14H15ClN4S/c1-2-7-16-14(20)18-12-8-17-19(10-12)9-11-5-3-4-6-13(11)15/h2-6,8,10H,1,7,9H2,(H2,16,18,20). The third kappa shape index (κ3) is 4.08. The van der Waals surface area contributed by atoms with Gasteiger partial charge in [-0.3, -0.25) is 4.68 Å². The van der Waals surface area contributed by atoms with Crippen molar-refractivity contribution >= 4 is 34.6 Å². The molecule has 0 aliphatic rings. The number of hydrogen-bond acceptors (Lipinski definition) is 2. The molecule has 0 aliphatic carbocycles. The maximum absolute atomic E-state index is 6.13. The molecular formula is C14H15ClN4S. The highest BCUT2D eigenvalue weighted by molar-refractivity contribution is 7.80. The average Bonchev–Trinajstić information content (AvgIpc) is 2.86. The summed E-state index contributed by atoms with van der Waals surface area (Å²) >= 11 is 11.3. The SMILES string of the molecule is C=CCNC(=S)Nc1cnn(Cc2ccccc2Cl)c1. The molecule has 0 aliphatic heterocycles. The van der Waals surface area contributed by atoms with Crippen molar-refractivity contribution in [2.24, 2.45) is 0 Å². The Kier molecular flexibility index (Phi) is 5.15. The molecule has 0 spiro atoms. The number of aromatic nitrogens is 2. The quantitative estimate of drug-likeness (QED) is 0.658. The zero-order chi connectivity index (χ0) is 14.4. The molecule has 0 radical (unpaired) electrons. The van der Waals surface area contributed by atoms with E-state index in [9.17, 15) is 0 Å². The molecule has 2 rings (SSSR count). The molecule has 104 valence electrons. The first-order valence-corrected chi connectivity index (χ1v) is 6.89. The summed E-state index contributed by atoms with van der Waals surface area (Å²) < 4.78 is 1.81. The van der Waals surface area contributed by atoms with Gasteiger partial charge in [0.05, 0.1) is 18.4 Å². The first kappa shape index (κ1) is 14.6. The summed E-state index contributed by atoms with van der Waals surface area (Å²) in [5.41, 5.74) is 1.86. The van der Waals surface area contributed by atoms with Gasteiger partial charge in [-0.1, -0.05) is 35.9 Å². The lowest BCUT2D eigenvalue weighted by Crippen LogP contribution is -2.28. The predicted octanol–water partition coefficient (Wildman–Crippen LogP) is 3.06. The van der Waals surface area contributed by atoms with Crippen LogP contribution >= 0.6 is 23.8 Å². The van der Waals surface area contributed by atoms with Gasteiger partial charge in [0.2, 0.25) is 0 Å². The number of halogens is 1. The fraction of sp³-hybridized carbons (Fsp3) is 0.143. The van der Waals surface area contributed by atoms with Crippen molar-refractivity contribution in [3.8, 4) is 0 Å². The molecule has 0 unspecified atom stereocenters. The van der Waals surface area contributed by atoms with E-state index in [1.807, 2.05) is 30.5 Å². The molecule has 0 bridgehead atoms. The Bertz CT molecular complexity index is 609. The Morgan fingerprint density at radius 2 is 2.25 bits per heavy atom. The monoisotopic (exact) mass is 306 g/mol. The summed E-state index contributed by atoms with van der Waals surface area (Å²) in [5.74, 6) is 0. The summed E-state index contributed by atoms with van der Waals surface area (Å²) in [5, 5.41) is 11.6. The van der Waals surface area contributed by atoms with Gasteiger partial charge in [0.15, 0.2) is 5.11 Å². The van der Waals surface area contributed by atoms with Crippen LogP contribution in [0.25, 0.3) is 0 Å². The molecule has 4 nitrogen and oxygen atoms in total. The number of thiocarbonyl (C=S) groups is 1. The summed E-state index contributed by atoms with van der Waals surface area (Å²) in [7, 11) is 0. The largest absolute Gasteiger partial charge is 0.359 e. The highest BCUT2D eigenvalue weighted by atomic mass is 35.5. The lowest BCUT2D eigenvalue weighted by Gasteiger charge is -2.06. The van der Waals surface area contributed by atoms with Crippen LogP contribution in [0.1, 0.15) is 5.56 Å². The first-order valence-electron chi connectivity index (χ1n) is 6.10. The zero-order valence-corrected chi connectivity index (χ0v) is 12.4. The molecule has 0 atom stereocenters. The van der Waals surface area contributed by atoms with Crippen LogP contribution < -0.4 is 10.6 Å². The van der Waals surface area contributed by atoms with E-state index in [-0.39, 0.29) is 0 Å². The molecule has 0 fully saturated rings. The summed E-state index contributed by atoms with van der Waals surface area (Å²) in [6.45, 7) is 4.86. The summed E-state index contributed by atoms with van der Waals surface area (Å²) in [6.07, 6.45) is 5.35. The average molecular weight is 307 g/mol. The molecule has 0 amide bonds. The van der Waals surface area contributed by atoms with Gasteiger partial charge in [0.25, 0.3) is 0 Å². The number of nitrogens with one attached hydrogen (secondary N) is 2. The van der Waals surface area contributed by atoms with Crippen molar-refractivity contribution in [1.29, 1.82) is 0 Å². The molecule has 0 saturated heterocycles. The minimum absolute atomic E-state index is 0.544. The van der Waals surface area contributed by atoms with Crippen LogP contribution in [0.4, 0.5) is 5.69 Å². The second-order valence-corrected chi connectivity index (χ2v) is 4.96. The summed E-state index contributed by atoms with van der Waals surface area (Å²) in [6, 6.07) is 7.71. The van der Waals surface area contributed by atoms with Crippen LogP contribution in [-0.2, 0) is 6.54 Å². The molecule has 1 aromatic carbocycles. The van der Waals surface area contributed by atoms with Gasteiger partial charge in [-0.25, -0.2) is 0 Å². The minimum atomic E-state index is 0.544. The highest BCUT2D eigenvalue weighted by Gasteiger charge is 2.03. The van der Waals surface area contributed by atoms with Gasteiger partial charge in [-0.05, 0) is 23.8 Å². The van der Waals surface area contributed by atoms with Crippen molar-refractivity contribution in [3.63, 3.8) is 0 Å². The Morgan fingerprint density at radius 1 is 1.45 bits per heavy atom. The second-order valence-electron chi connectivity index (χ2n) is 4.14. The smallest absolute Gasteiger partial charge is 0.171 e. The molecule has 0 saturated carbocycles. The number of hydrogen-bond donors (Lipinski definition) is 2. The Morgan fingerprint density at radius 3 is 3.00 bits per heavy atom. The molecule has 1 heterocycles. The van der Waals surface area contributed by atoms with E-state index in [4.69, 9.17) is 23.8 Å². The number of anilines is 1. The van der Waals surface area contributed by atoms with Gasteiger partial charge in [0, 0.05) is 17.8 Å². The van der Waals surface area contributed by atoms with Crippen molar-refractivity contribution in [1.82, 2.24) is 15.1 Å². The molecule has 20 heavy (non-hydrogen) atoms. The molecular weight excluding hydrogens is 292 g/mol. The lowest BCUT2D eigenvalue weighted by atomic mass is 10.2. The van der Waals surface area contributed by atoms with Gasteiger partial charge in [-0.2, -0.15) is 5.10 Å². The lowest BCUT2D eigenvalue weighted by molar-refractivity contribution is 0.687. The minimum Gasteiger partial charge on any atom is -0.359 e. The van der Waals surface area contributed by atoms with Crippen molar-refractivity contribution in [2.45, 2.75) is 6.54 Å². The van der Waals surface area contributed by atoms with Gasteiger partial charge >= 0.3 is 0 Å². The second kappa shape index (κ2) is 7.07. The summed E-state index contributed by atoms with van der Waals surface area (Å²) in [4.78, 5) is 0. The van der Waals surface area contributed by atoms with Gasteiger partial charge < -0.3 is 10.6 Å². The molecule has 6 heteroatoms. The van der Waals surface area contributed by atoms with Gasteiger partial charge in [-0.15, -0.1) is 6.58 Å². The normalized spacial score (nSPS) is 10.1. The zero-order valence-electron chi connectivity index (χ0n) is 10.8. The Hall–Kier alpha value is -1.85. The van der Waals surface area contributed by atoms with Crippen LogP contribution in [0.15, 0.2) is 49.3 Å². The molecule has 2 aromatic rings. The molecule has 1 aromatic heterocycles. The Balaban J connectivity index is 1.97. The van der Waals surface area contributed by atoms with Crippen LogP contribution in [0.2, 0.25) is 5.02 Å². The van der Waals surface area contributed by atoms with E-state index in [1.54, 1.807) is 17.0 Å². The van der Waals surface area contributed by atoms with E-state index in [1.165, 1.54) is 0 Å². The first-order chi connectivity index (χ1) is 9.69. The van der Waals surface area contributed by atoms with Crippen LogP contribution in [0.3, 0.4) is 0 Å². The number of rotatable bonds is 5. The predicted molar refractivity (Wildman–Crippen MR) is 87.2 cm³/mol. The van der Waals surface area contributed by atoms with E-state index >= 15 is 0 Å². The third-order valence-corrected chi connectivity index (χ3v) is 3.20. The van der Waals surface area contributed by atoms with Crippen LogP contribution in [-0.4, -0.2) is 21.4 Å². The van der Waals surface area contributed by atoms with Crippen molar-refractivity contribution in [3.05, 3.63) is 59.9 Å². The van der Waals surface area contributed by atoms with Crippen molar-refractivity contribution < 1.29 is 0 Å². The van der Waals surface area contributed by atoms with Crippen LogP contribution in [0, 0.1) is 0 Å². The third-order valence-electron chi connectivity index (χ3n) is 2.59. The van der Waals surface area contributed by atoms with E-state index in [0.717, 1.165) is 16.3 Å². The number of benzene rings is 1. The topological polar surface area (TPSA) is 41.9 Å². The van der Waals surface area contributed by atoms with Gasteiger partial charge in [0.1, 0.15) is 0 Å². The maximum atomic E-state index is 6.13. The highest BCUT2D eigenvalue weighted by Crippen LogP contribution is 2.16. The fourth-order valence-electron chi connectivity index (χ4n) is 1.66. The van der Waals surface area contributed by atoms with E-state index in [2.05, 4.69) is 22.3 Å². The van der Waals surface area contributed by atoms with Crippen LogP contribution in [0.5, 0.6) is 0 Å².